The molecule has 3 heteroatoms. The molecule has 3 nitrogen and oxygen atoms in total. The van der Waals surface area contributed by atoms with Gasteiger partial charge in [-0.3, -0.25) is 9.69 Å². The third kappa shape index (κ3) is 1.86. The first kappa shape index (κ1) is 10.6. The van der Waals surface area contributed by atoms with E-state index in [1.165, 1.54) is 32.4 Å². The Hall–Kier alpha value is -0.570. The van der Waals surface area contributed by atoms with Crippen molar-refractivity contribution in [3.63, 3.8) is 0 Å². The van der Waals surface area contributed by atoms with Crippen molar-refractivity contribution in [3.05, 3.63) is 0 Å². The van der Waals surface area contributed by atoms with Gasteiger partial charge in [0.1, 0.15) is 0 Å². The highest BCUT2D eigenvalue weighted by atomic mass is 16.4. The highest BCUT2D eigenvalue weighted by Gasteiger charge is 2.45. The van der Waals surface area contributed by atoms with Crippen LogP contribution >= 0.6 is 0 Å². The molecule has 0 aromatic heterocycles. The van der Waals surface area contributed by atoms with Gasteiger partial charge in [0.15, 0.2) is 0 Å². The lowest BCUT2D eigenvalue weighted by molar-refractivity contribution is -0.143. The second-order valence-corrected chi connectivity index (χ2v) is 6.06. The minimum atomic E-state index is -0.577. The van der Waals surface area contributed by atoms with E-state index in [1.54, 1.807) is 0 Å². The van der Waals surface area contributed by atoms with Crippen LogP contribution in [0.5, 0.6) is 0 Å². The van der Waals surface area contributed by atoms with Crippen LogP contribution in [0.25, 0.3) is 0 Å². The Labute approximate surface area is 96.8 Å². The second kappa shape index (κ2) is 3.73. The monoisotopic (exact) mass is 223 g/mol. The van der Waals surface area contributed by atoms with E-state index in [1.807, 2.05) is 0 Å². The van der Waals surface area contributed by atoms with Gasteiger partial charge in [-0.25, -0.2) is 0 Å². The molecular weight excluding hydrogens is 202 g/mol. The van der Waals surface area contributed by atoms with E-state index < -0.39 is 5.97 Å². The van der Waals surface area contributed by atoms with Gasteiger partial charge in [0.2, 0.25) is 0 Å². The molecule has 3 rings (SSSR count). The van der Waals surface area contributed by atoms with Crippen molar-refractivity contribution in [2.45, 2.75) is 51.0 Å². The largest absolute Gasteiger partial charge is 0.481 e. The highest BCUT2D eigenvalue weighted by Crippen LogP contribution is 2.47. The molecule has 3 fully saturated rings. The summed E-state index contributed by atoms with van der Waals surface area (Å²) in [6.45, 7) is 2.52. The molecule has 0 amide bonds. The molecule has 2 saturated carbocycles. The number of hydrogen-bond donors (Lipinski definition) is 1. The summed E-state index contributed by atoms with van der Waals surface area (Å²) in [6.07, 6.45) is 8.22. The van der Waals surface area contributed by atoms with Gasteiger partial charge in [0.05, 0.1) is 5.92 Å². The van der Waals surface area contributed by atoms with Gasteiger partial charge in [-0.2, -0.15) is 0 Å². The molecule has 2 aliphatic carbocycles. The van der Waals surface area contributed by atoms with Gasteiger partial charge < -0.3 is 5.11 Å². The average Bonchev–Trinajstić information content (AvgIpc) is 3.04. The topological polar surface area (TPSA) is 40.5 Å². The smallest absolute Gasteiger partial charge is 0.306 e. The Bertz CT molecular complexity index is 290. The second-order valence-electron chi connectivity index (χ2n) is 6.06. The molecule has 1 N–H and O–H groups in total. The summed E-state index contributed by atoms with van der Waals surface area (Å²) in [5, 5.41) is 9.01. The number of carboxylic acid groups (broad SMARTS) is 1. The molecule has 90 valence electrons. The van der Waals surface area contributed by atoms with Gasteiger partial charge in [0, 0.05) is 12.6 Å². The van der Waals surface area contributed by atoms with Crippen molar-refractivity contribution in [1.29, 1.82) is 0 Å². The van der Waals surface area contributed by atoms with Crippen LogP contribution in [-0.4, -0.2) is 35.1 Å². The Balaban J connectivity index is 1.58. The molecule has 1 spiro atoms. The standard InChI is InChI=1S/C13H21NO2/c15-12(16)10-3-5-13(6-4-10)7-8-14(9-13)11-1-2-11/h10-11H,1-9H2,(H,15,16). The van der Waals surface area contributed by atoms with Crippen molar-refractivity contribution < 1.29 is 9.90 Å². The molecule has 0 atom stereocenters. The summed E-state index contributed by atoms with van der Waals surface area (Å²) in [5.74, 6) is -0.632. The van der Waals surface area contributed by atoms with E-state index in [2.05, 4.69) is 4.90 Å². The van der Waals surface area contributed by atoms with Crippen LogP contribution in [0.15, 0.2) is 0 Å². The van der Waals surface area contributed by atoms with Gasteiger partial charge in [0.25, 0.3) is 0 Å². The molecule has 0 radical (unpaired) electrons. The molecule has 0 aromatic carbocycles. The Morgan fingerprint density at radius 3 is 2.38 bits per heavy atom. The molecule has 0 aromatic rings. The summed E-state index contributed by atoms with van der Waals surface area (Å²) in [4.78, 5) is 13.6. The number of rotatable bonds is 2. The predicted octanol–water partition coefficient (Wildman–Crippen LogP) is 2.12. The maximum Gasteiger partial charge on any atom is 0.306 e. The van der Waals surface area contributed by atoms with Crippen LogP contribution in [0.4, 0.5) is 0 Å². The Morgan fingerprint density at radius 1 is 1.12 bits per heavy atom. The summed E-state index contributed by atoms with van der Waals surface area (Å²) < 4.78 is 0. The number of hydrogen-bond acceptors (Lipinski definition) is 2. The highest BCUT2D eigenvalue weighted by molar-refractivity contribution is 5.70. The zero-order valence-electron chi connectivity index (χ0n) is 9.82. The Morgan fingerprint density at radius 2 is 1.81 bits per heavy atom. The van der Waals surface area contributed by atoms with Crippen LogP contribution in [0.1, 0.15) is 44.9 Å². The van der Waals surface area contributed by atoms with Gasteiger partial charge in [-0.05, 0) is 56.9 Å². The lowest BCUT2D eigenvalue weighted by Gasteiger charge is -2.36. The molecule has 0 unspecified atom stereocenters. The lowest BCUT2D eigenvalue weighted by atomic mass is 9.70. The molecule has 1 saturated heterocycles. The fourth-order valence-corrected chi connectivity index (χ4v) is 3.61. The molecule has 1 aliphatic heterocycles. The maximum absolute atomic E-state index is 10.9. The minimum Gasteiger partial charge on any atom is -0.481 e. The van der Waals surface area contributed by atoms with Gasteiger partial charge in [-0.1, -0.05) is 0 Å². The summed E-state index contributed by atoms with van der Waals surface area (Å²) >= 11 is 0. The van der Waals surface area contributed by atoms with E-state index in [9.17, 15) is 4.79 Å². The van der Waals surface area contributed by atoms with Gasteiger partial charge in [-0.15, -0.1) is 0 Å². The van der Waals surface area contributed by atoms with Crippen LogP contribution in [0, 0.1) is 11.3 Å². The maximum atomic E-state index is 10.9. The molecular formula is C13H21NO2. The van der Waals surface area contributed by atoms with Crippen molar-refractivity contribution in [3.8, 4) is 0 Å². The van der Waals surface area contributed by atoms with E-state index in [0.29, 0.717) is 5.41 Å². The van der Waals surface area contributed by atoms with E-state index >= 15 is 0 Å². The lowest BCUT2D eigenvalue weighted by Crippen LogP contribution is -2.34. The SMILES string of the molecule is O=C(O)C1CCC2(CC1)CCN(C1CC1)C2. The number of nitrogens with zero attached hydrogens (tertiary/aromatic N) is 1. The van der Waals surface area contributed by atoms with Gasteiger partial charge >= 0.3 is 5.97 Å². The average molecular weight is 223 g/mol. The molecule has 3 aliphatic rings. The van der Waals surface area contributed by atoms with Crippen molar-refractivity contribution in [1.82, 2.24) is 4.90 Å². The van der Waals surface area contributed by atoms with Crippen LogP contribution in [0.3, 0.4) is 0 Å². The first-order valence-electron chi connectivity index (χ1n) is 6.65. The first-order chi connectivity index (χ1) is 7.69. The Kier molecular flexibility index (Phi) is 2.46. The zero-order valence-corrected chi connectivity index (χ0v) is 9.82. The van der Waals surface area contributed by atoms with E-state index in [0.717, 1.165) is 31.7 Å². The molecule has 0 bridgehead atoms. The van der Waals surface area contributed by atoms with E-state index in [4.69, 9.17) is 5.11 Å². The van der Waals surface area contributed by atoms with Crippen molar-refractivity contribution in [2.75, 3.05) is 13.1 Å². The number of carboxylic acids is 1. The van der Waals surface area contributed by atoms with E-state index in [-0.39, 0.29) is 5.92 Å². The van der Waals surface area contributed by atoms with Crippen LogP contribution < -0.4 is 0 Å². The first-order valence-corrected chi connectivity index (χ1v) is 6.65. The quantitative estimate of drug-likeness (QED) is 0.779. The van der Waals surface area contributed by atoms with Crippen LogP contribution in [0.2, 0.25) is 0 Å². The fraction of sp³-hybridized carbons (Fsp3) is 0.923. The summed E-state index contributed by atoms with van der Waals surface area (Å²) in [6, 6.07) is 0.886. The van der Waals surface area contributed by atoms with Crippen molar-refractivity contribution in [2.24, 2.45) is 11.3 Å². The number of carbonyl (C=O) groups is 1. The normalized spacial score (nSPS) is 40.4. The third-order valence-corrected chi connectivity index (χ3v) is 4.93. The summed E-state index contributed by atoms with van der Waals surface area (Å²) in [7, 11) is 0. The van der Waals surface area contributed by atoms with Crippen molar-refractivity contribution >= 4 is 5.97 Å². The zero-order chi connectivity index (χ0) is 11.2. The van der Waals surface area contributed by atoms with Crippen LogP contribution in [-0.2, 0) is 4.79 Å². The minimum absolute atomic E-state index is 0.0550. The fourth-order valence-electron chi connectivity index (χ4n) is 3.61. The molecule has 1 heterocycles. The number of aliphatic carboxylic acids is 1. The third-order valence-electron chi connectivity index (χ3n) is 4.93. The number of likely N-dealkylation sites (tertiary alicyclic amines) is 1. The predicted molar refractivity (Wildman–Crippen MR) is 61.2 cm³/mol. The molecule has 16 heavy (non-hydrogen) atoms. The summed E-state index contributed by atoms with van der Waals surface area (Å²) in [5.41, 5.74) is 0.495.